The fraction of sp³-hybridized carbons (Fsp3) is 0.500. The van der Waals surface area contributed by atoms with E-state index in [1.54, 1.807) is 0 Å². The minimum Gasteiger partial charge on any atom is -0.375 e. The molecule has 1 aromatic rings. The van der Waals surface area contributed by atoms with E-state index >= 15 is 0 Å². The molecule has 1 fully saturated rings. The van der Waals surface area contributed by atoms with Crippen molar-refractivity contribution in [3.63, 3.8) is 0 Å². The van der Waals surface area contributed by atoms with Crippen molar-refractivity contribution in [2.24, 2.45) is 0 Å². The quantitative estimate of drug-likeness (QED) is 0.916. The molecule has 0 aliphatic carbocycles. The van der Waals surface area contributed by atoms with E-state index in [0.717, 1.165) is 12.0 Å². The second-order valence-electron chi connectivity index (χ2n) is 5.26. The van der Waals surface area contributed by atoms with Crippen LogP contribution in [-0.2, 0) is 16.1 Å². The second kappa shape index (κ2) is 7.22. The SMILES string of the molecule is CCC1CN(C(=O)c2ccc(CNC(C)=O)cc2)CCO1. The van der Waals surface area contributed by atoms with E-state index in [4.69, 9.17) is 4.74 Å². The van der Waals surface area contributed by atoms with Crippen LogP contribution >= 0.6 is 0 Å². The third-order valence-electron chi connectivity index (χ3n) is 3.62. The number of benzene rings is 1. The first-order valence-corrected chi connectivity index (χ1v) is 7.34. The van der Waals surface area contributed by atoms with Crippen molar-refractivity contribution >= 4 is 11.8 Å². The van der Waals surface area contributed by atoms with Crippen molar-refractivity contribution in [2.45, 2.75) is 32.9 Å². The lowest BCUT2D eigenvalue weighted by Crippen LogP contribution is -2.45. The van der Waals surface area contributed by atoms with E-state index in [0.29, 0.717) is 31.8 Å². The fourth-order valence-electron chi connectivity index (χ4n) is 2.33. The van der Waals surface area contributed by atoms with Gasteiger partial charge in [0.25, 0.3) is 5.91 Å². The topological polar surface area (TPSA) is 58.6 Å². The maximum Gasteiger partial charge on any atom is 0.254 e. The molecule has 1 unspecified atom stereocenters. The lowest BCUT2D eigenvalue weighted by atomic mass is 10.1. The summed E-state index contributed by atoms with van der Waals surface area (Å²) in [5.41, 5.74) is 1.66. The molecule has 0 saturated carbocycles. The number of hydrogen-bond acceptors (Lipinski definition) is 3. The van der Waals surface area contributed by atoms with Crippen LogP contribution in [0.25, 0.3) is 0 Å². The number of ether oxygens (including phenoxy) is 1. The summed E-state index contributed by atoms with van der Waals surface area (Å²) in [5, 5.41) is 2.74. The molecule has 0 aromatic heterocycles. The average molecular weight is 290 g/mol. The highest BCUT2D eigenvalue weighted by Gasteiger charge is 2.23. The Kier molecular flexibility index (Phi) is 5.33. The van der Waals surface area contributed by atoms with Crippen LogP contribution < -0.4 is 5.32 Å². The largest absolute Gasteiger partial charge is 0.375 e. The summed E-state index contributed by atoms with van der Waals surface area (Å²) in [5.74, 6) is -0.0168. The Labute approximate surface area is 125 Å². The van der Waals surface area contributed by atoms with Gasteiger partial charge < -0.3 is 15.0 Å². The molecule has 1 heterocycles. The van der Waals surface area contributed by atoms with Gasteiger partial charge in [0.05, 0.1) is 12.7 Å². The first kappa shape index (κ1) is 15.5. The van der Waals surface area contributed by atoms with Crippen LogP contribution in [0.4, 0.5) is 0 Å². The zero-order valence-electron chi connectivity index (χ0n) is 12.6. The van der Waals surface area contributed by atoms with Gasteiger partial charge in [-0.1, -0.05) is 19.1 Å². The molecule has 1 saturated heterocycles. The number of nitrogens with zero attached hydrogens (tertiary/aromatic N) is 1. The minimum atomic E-state index is -0.0610. The van der Waals surface area contributed by atoms with Gasteiger partial charge in [0.1, 0.15) is 0 Å². The Balaban J connectivity index is 1.97. The molecule has 2 amide bonds. The Morgan fingerprint density at radius 3 is 2.67 bits per heavy atom. The highest BCUT2D eigenvalue weighted by Crippen LogP contribution is 2.13. The smallest absolute Gasteiger partial charge is 0.254 e. The molecule has 1 atom stereocenters. The lowest BCUT2D eigenvalue weighted by Gasteiger charge is -2.32. The zero-order valence-corrected chi connectivity index (χ0v) is 12.6. The van der Waals surface area contributed by atoms with Gasteiger partial charge in [-0.25, -0.2) is 0 Å². The van der Waals surface area contributed by atoms with Crippen molar-refractivity contribution in [3.8, 4) is 0 Å². The second-order valence-corrected chi connectivity index (χ2v) is 5.26. The molecule has 1 aromatic carbocycles. The van der Waals surface area contributed by atoms with Crippen molar-refractivity contribution < 1.29 is 14.3 Å². The molecule has 21 heavy (non-hydrogen) atoms. The van der Waals surface area contributed by atoms with Gasteiger partial charge in [-0.05, 0) is 24.1 Å². The molecule has 114 valence electrons. The summed E-state index contributed by atoms with van der Waals surface area (Å²) in [7, 11) is 0. The van der Waals surface area contributed by atoms with Crippen LogP contribution in [0.2, 0.25) is 0 Å². The minimum absolute atomic E-state index is 0.0443. The molecule has 0 spiro atoms. The van der Waals surface area contributed by atoms with E-state index in [9.17, 15) is 9.59 Å². The van der Waals surface area contributed by atoms with Crippen molar-refractivity contribution in [2.75, 3.05) is 19.7 Å². The molecular weight excluding hydrogens is 268 g/mol. The van der Waals surface area contributed by atoms with Gasteiger partial charge in [0, 0.05) is 32.1 Å². The third-order valence-corrected chi connectivity index (χ3v) is 3.62. The van der Waals surface area contributed by atoms with Crippen molar-refractivity contribution in [1.82, 2.24) is 10.2 Å². The Morgan fingerprint density at radius 1 is 1.33 bits per heavy atom. The predicted molar refractivity (Wildman–Crippen MR) is 79.9 cm³/mol. The monoisotopic (exact) mass is 290 g/mol. The highest BCUT2D eigenvalue weighted by atomic mass is 16.5. The Bertz CT molecular complexity index is 499. The maximum atomic E-state index is 12.4. The highest BCUT2D eigenvalue weighted by molar-refractivity contribution is 5.94. The molecule has 1 N–H and O–H groups in total. The van der Waals surface area contributed by atoms with Gasteiger partial charge in [-0.15, -0.1) is 0 Å². The molecule has 0 radical (unpaired) electrons. The number of carbonyl (C=O) groups is 2. The summed E-state index contributed by atoms with van der Waals surface area (Å²) in [6.45, 7) is 5.94. The number of amides is 2. The summed E-state index contributed by atoms with van der Waals surface area (Å²) >= 11 is 0. The predicted octanol–water partition coefficient (Wildman–Crippen LogP) is 1.57. The van der Waals surface area contributed by atoms with E-state index in [2.05, 4.69) is 12.2 Å². The summed E-state index contributed by atoms with van der Waals surface area (Å²) in [4.78, 5) is 25.2. The van der Waals surface area contributed by atoms with Gasteiger partial charge >= 0.3 is 0 Å². The van der Waals surface area contributed by atoms with Crippen LogP contribution in [0, 0.1) is 0 Å². The molecule has 5 nitrogen and oxygen atoms in total. The van der Waals surface area contributed by atoms with Crippen molar-refractivity contribution in [1.29, 1.82) is 0 Å². The van der Waals surface area contributed by atoms with Gasteiger partial charge in [0.15, 0.2) is 0 Å². The first-order valence-electron chi connectivity index (χ1n) is 7.34. The van der Waals surface area contributed by atoms with E-state index in [-0.39, 0.29) is 17.9 Å². The Hall–Kier alpha value is -1.88. The van der Waals surface area contributed by atoms with Crippen LogP contribution in [0.3, 0.4) is 0 Å². The standard InChI is InChI=1S/C16H22N2O3/c1-3-15-11-18(8-9-21-15)16(20)14-6-4-13(5-7-14)10-17-12(2)19/h4-7,15H,3,8-11H2,1-2H3,(H,17,19). The number of rotatable bonds is 4. The van der Waals surface area contributed by atoms with E-state index in [1.807, 2.05) is 29.2 Å². The third kappa shape index (κ3) is 4.29. The van der Waals surface area contributed by atoms with E-state index < -0.39 is 0 Å². The molecular formula is C16H22N2O3. The normalized spacial score (nSPS) is 18.4. The van der Waals surface area contributed by atoms with E-state index in [1.165, 1.54) is 6.92 Å². The van der Waals surface area contributed by atoms with Crippen LogP contribution in [0.1, 0.15) is 36.2 Å². The Morgan fingerprint density at radius 2 is 2.05 bits per heavy atom. The van der Waals surface area contributed by atoms with Crippen LogP contribution in [0.5, 0.6) is 0 Å². The van der Waals surface area contributed by atoms with Crippen LogP contribution in [-0.4, -0.2) is 42.5 Å². The van der Waals surface area contributed by atoms with Gasteiger partial charge in [0.2, 0.25) is 5.91 Å². The zero-order chi connectivity index (χ0) is 15.2. The molecule has 1 aliphatic rings. The van der Waals surface area contributed by atoms with Gasteiger partial charge in [-0.2, -0.15) is 0 Å². The number of nitrogens with one attached hydrogen (secondary N) is 1. The number of hydrogen-bond donors (Lipinski definition) is 1. The number of carbonyl (C=O) groups excluding carboxylic acids is 2. The fourth-order valence-corrected chi connectivity index (χ4v) is 2.33. The molecule has 0 bridgehead atoms. The van der Waals surface area contributed by atoms with Gasteiger partial charge in [-0.3, -0.25) is 9.59 Å². The van der Waals surface area contributed by atoms with Crippen LogP contribution in [0.15, 0.2) is 24.3 Å². The molecule has 5 heteroatoms. The summed E-state index contributed by atoms with van der Waals surface area (Å²) in [6.07, 6.45) is 1.06. The maximum absolute atomic E-state index is 12.4. The number of morpholine rings is 1. The van der Waals surface area contributed by atoms with Crippen molar-refractivity contribution in [3.05, 3.63) is 35.4 Å². The molecule has 2 rings (SSSR count). The first-order chi connectivity index (χ1) is 10.1. The average Bonchev–Trinajstić information content (AvgIpc) is 2.52. The summed E-state index contributed by atoms with van der Waals surface area (Å²) < 4.78 is 5.58. The molecule has 1 aliphatic heterocycles. The lowest BCUT2D eigenvalue weighted by molar-refractivity contribution is -0.119. The summed E-state index contributed by atoms with van der Waals surface area (Å²) in [6, 6.07) is 7.38.